The number of hydrogen-bond acceptors (Lipinski definition) is 1. The monoisotopic (exact) mass is 339 g/mol. The highest BCUT2D eigenvalue weighted by molar-refractivity contribution is 7.19. The summed E-state index contributed by atoms with van der Waals surface area (Å²) in [6, 6.07) is 17.6. The number of H-pyrrole nitrogens is 1. The first-order valence-corrected chi connectivity index (χ1v) is 9.23. The maximum Gasteiger partial charge on any atom is 0.0479 e. The van der Waals surface area contributed by atoms with Gasteiger partial charge in [0.1, 0.15) is 0 Å². The standard InChI is InChI=1S/C23H17NS/c1-3-4-8-16-14(2)25-22-13-21-19(12-18(16)22)23-17-9-6-5-7-15(17)10-11-20(23)24-21/h3-13,24H,1H2,2H3/b8-4-. The molecule has 0 saturated heterocycles. The third kappa shape index (κ3) is 2.08. The largest absolute Gasteiger partial charge is 0.354 e. The maximum atomic E-state index is 3.80. The zero-order chi connectivity index (χ0) is 17.0. The molecule has 2 heterocycles. The summed E-state index contributed by atoms with van der Waals surface area (Å²) in [5.41, 5.74) is 3.71. The summed E-state index contributed by atoms with van der Waals surface area (Å²) < 4.78 is 1.32. The highest BCUT2D eigenvalue weighted by atomic mass is 32.1. The number of nitrogens with one attached hydrogen (secondary N) is 1. The van der Waals surface area contributed by atoms with Crippen LogP contribution in [0.25, 0.3) is 48.7 Å². The molecule has 2 heteroatoms. The van der Waals surface area contributed by atoms with E-state index in [-0.39, 0.29) is 0 Å². The van der Waals surface area contributed by atoms with Gasteiger partial charge in [0.2, 0.25) is 0 Å². The topological polar surface area (TPSA) is 15.8 Å². The lowest BCUT2D eigenvalue weighted by atomic mass is 10.0. The number of fused-ring (bicyclic) bond motifs is 6. The molecule has 0 saturated carbocycles. The second-order valence-electron chi connectivity index (χ2n) is 6.39. The summed E-state index contributed by atoms with van der Waals surface area (Å²) in [5, 5.41) is 6.52. The molecule has 0 amide bonds. The van der Waals surface area contributed by atoms with E-state index in [9.17, 15) is 0 Å². The Balaban J connectivity index is 1.96. The number of hydrogen-bond donors (Lipinski definition) is 1. The van der Waals surface area contributed by atoms with E-state index in [2.05, 4.69) is 73.1 Å². The van der Waals surface area contributed by atoms with Crippen molar-refractivity contribution in [3.63, 3.8) is 0 Å². The van der Waals surface area contributed by atoms with E-state index in [0.29, 0.717) is 0 Å². The van der Waals surface area contributed by atoms with Gasteiger partial charge in [-0.25, -0.2) is 0 Å². The van der Waals surface area contributed by atoms with E-state index in [1.807, 2.05) is 23.5 Å². The van der Waals surface area contributed by atoms with E-state index in [0.717, 1.165) is 0 Å². The SMILES string of the molecule is C=C/C=C\c1c(C)sc2cc3[nH]c4ccc5ccccc5c4c3cc12. The van der Waals surface area contributed by atoms with Crippen LogP contribution in [-0.2, 0) is 0 Å². The van der Waals surface area contributed by atoms with Gasteiger partial charge in [0.05, 0.1) is 0 Å². The molecule has 0 aliphatic heterocycles. The Morgan fingerprint density at radius 2 is 1.84 bits per heavy atom. The van der Waals surface area contributed by atoms with Gasteiger partial charge >= 0.3 is 0 Å². The molecule has 0 aliphatic rings. The van der Waals surface area contributed by atoms with E-state index in [4.69, 9.17) is 0 Å². The molecule has 5 rings (SSSR count). The van der Waals surface area contributed by atoms with Gasteiger partial charge in [-0.1, -0.05) is 55.1 Å². The van der Waals surface area contributed by atoms with Gasteiger partial charge in [-0.15, -0.1) is 11.3 Å². The van der Waals surface area contributed by atoms with Crippen molar-refractivity contribution in [3.8, 4) is 0 Å². The lowest BCUT2D eigenvalue weighted by molar-refractivity contribution is 1.56. The van der Waals surface area contributed by atoms with Crippen molar-refractivity contribution >= 4 is 60.1 Å². The van der Waals surface area contributed by atoms with Gasteiger partial charge in [0.15, 0.2) is 0 Å². The Hall–Kier alpha value is -2.84. The van der Waals surface area contributed by atoms with Crippen LogP contribution in [0.4, 0.5) is 0 Å². The summed E-state index contributed by atoms with van der Waals surface area (Å²) in [4.78, 5) is 4.95. The molecule has 5 aromatic rings. The average Bonchev–Trinajstić information content (AvgIpc) is 3.14. The minimum absolute atomic E-state index is 1.20. The van der Waals surface area contributed by atoms with E-state index in [1.165, 1.54) is 53.1 Å². The Morgan fingerprint density at radius 1 is 0.960 bits per heavy atom. The normalized spacial score (nSPS) is 12.2. The molecule has 0 atom stereocenters. The van der Waals surface area contributed by atoms with Crippen molar-refractivity contribution in [1.82, 2.24) is 4.98 Å². The molecular formula is C23H17NS. The summed E-state index contributed by atoms with van der Waals surface area (Å²) in [6.07, 6.45) is 6.02. The van der Waals surface area contributed by atoms with Crippen molar-refractivity contribution < 1.29 is 0 Å². The van der Waals surface area contributed by atoms with Crippen LogP contribution in [-0.4, -0.2) is 4.98 Å². The molecule has 0 fully saturated rings. The zero-order valence-electron chi connectivity index (χ0n) is 14.0. The van der Waals surface area contributed by atoms with Crippen LogP contribution in [0.1, 0.15) is 10.4 Å². The summed E-state index contributed by atoms with van der Waals surface area (Å²) in [5.74, 6) is 0. The molecule has 0 unspecified atom stereocenters. The molecule has 0 radical (unpaired) electrons. The highest BCUT2D eigenvalue weighted by Crippen LogP contribution is 2.39. The van der Waals surface area contributed by atoms with Crippen LogP contribution >= 0.6 is 11.3 Å². The summed E-state index contributed by atoms with van der Waals surface area (Å²) in [6.45, 7) is 5.99. The lowest BCUT2D eigenvalue weighted by Gasteiger charge is -2.00. The smallest absolute Gasteiger partial charge is 0.0479 e. The Kier molecular flexibility index (Phi) is 3.09. The molecular weight excluding hydrogens is 322 g/mol. The molecule has 120 valence electrons. The number of aromatic amines is 1. The molecule has 25 heavy (non-hydrogen) atoms. The van der Waals surface area contributed by atoms with Crippen LogP contribution in [0.2, 0.25) is 0 Å². The van der Waals surface area contributed by atoms with Crippen molar-refractivity contribution in [3.05, 3.63) is 77.7 Å². The highest BCUT2D eigenvalue weighted by Gasteiger charge is 2.13. The van der Waals surface area contributed by atoms with E-state index >= 15 is 0 Å². The second-order valence-corrected chi connectivity index (χ2v) is 7.65. The first-order chi connectivity index (χ1) is 12.3. The van der Waals surface area contributed by atoms with Gasteiger partial charge in [-0.2, -0.15) is 0 Å². The van der Waals surface area contributed by atoms with Gasteiger partial charge in [0, 0.05) is 36.8 Å². The zero-order valence-corrected chi connectivity index (χ0v) is 14.8. The average molecular weight is 339 g/mol. The molecule has 1 N–H and O–H groups in total. The number of aryl methyl sites for hydroxylation is 1. The number of thiophene rings is 1. The van der Waals surface area contributed by atoms with Crippen LogP contribution < -0.4 is 0 Å². The van der Waals surface area contributed by atoms with Crippen LogP contribution in [0.5, 0.6) is 0 Å². The number of allylic oxidation sites excluding steroid dienone is 2. The summed E-state index contributed by atoms with van der Waals surface area (Å²) >= 11 is 1.85. The Bertz CT molecular complexity index is 1310. The van der Waals surface area contributed by atoms with Crippen molar-refractivity contribution in [2.45, 2.75) is 6.92 Å². The first-order valence-electron chi connectivity index (χ1n) is 8.41. The molecule has 1 nitrogen and oxygen atoms in total. The fourth-order valence-electron chi connectivity index (χ4n) is 3.78. The quantitative estimate of drug-likeness (QED) is 0.327. The van der Waals surface area contributed by atoms with Gasteiger partial charge in [-0.3, -0.25) is 0 Å². The molecule has 0 aliphatic carbocycles. The van der Waals surface area contributed by atoms with Gasteiger partial charge in [0.25, 0.3) is 0 Å². The Labute approximate surface area is 149 Å². The molecule has 0 bridgehead atoms. The predicted molar refractivity (Wildman–Crippen MR) is 113 cm³/mol. The first kappa shape index (κ1) is 14.5. The Morgan fingerprint density at radius 3 is 2.72 bits per heavy atom. The molecule has 2 aromatic heterocycles. The number of aromatic nitrogens is 1. The fraction of sp³-hybridized carbons (Fsp3) is 0.0435. The van der Waals surface area contributed by atoms with Crippen molar-refractivity contribution in [2.24, 2.45) is 0 Å². The summed E-state index contributed by atoms with van der Waals surface area (Å²) in [7, 11) is 0. The number of benzene rings is 3. The van der Waals surface area contributed by atoms with Gasteiger partial charge < -0.3 is 4.98 Å². The molecule has 0 spiro atoms. The van der Waals surface area contributed by atoms with Crippen molar-refractivity contribution in [1.29, 1.82) is 0 Å². The van der Waals surface area contributed by atoms with Crippen LogP contribution in [0.15, 0.2) is 67.3 Å². The fourth-order valence-corrected chi connectivity index (χ4v) is 4.85. The van der Waals surface area contributed by atoms with E-state index < -0.39 is 0 Å². The second kappa shape index (κ2) is 5.33. The third-order valence-corrected chi connectivity index (χ3v) is 6.00. The lowest BCUT2D eigenvalue weighted by Crippen LogP contribution is -1.75. The minimum atomic E-state index is 1.20. The maximum absolute atomic E-state index is 3.80. The van der Waals surface area contributed by atoms with Crippen molar-refractivity contribution in [2.75, 3.05) is 0 Å². The predicted octanol–water partition coefficient (Wildman–Crippen LogP) is 7.20. The molecule has 3 aromatic carbocycles. The van der Waals surface area contributed by atoms with E-state index in [1.54, 1.807) is 0 Å². The van der Waals surface area contributed by atoms with Gasteiger partial charge in [-0.05, 0) is 41.5 Å². The third-order valence-electron chi connectivity index (χ3n) is 4.92. The minimum Gasteiger partial charge on any atom is -0.354 e. The van der Waals surface area contributed by atoms with Crippen LogP contribution in [0.3, 0.4) is 0 Å². The number of rotatable bonds is 2. The van der Waals surface area contributed by atoms with Crippen LogP contribution in [0, 0.1) is 6.92 Å².